The Bertz CT molecular complexity index is 604. The van der Waals surface area contributed by atoms with E-state index in [2.05, 4.69) is 44.7 Å². The number of hydrogen-bond acceptors (Lipinski definition) is 4. The minimum Gasteiger partial charge on any atom is -0.329 e. The summed E-state index contributed by atoms with van der Waals surface area (Å²) in [4.78, 5) is 0.293. The van der Waals surface area contributed by atoms with Gasteiger partial charge in [0, 0.05) is 25.2 Å². The van der Waals surface area contributed by atoms with Crippen LogP contribution in [-0.2, 0) is 15.4 Å². The van der Waals surface area contributed by atoms with Gasteiger partial charge in [-0.05, 0) is 36.0 Å². The van der Waals surface area contributed by atoms with Crippen LogP contribution in [0.3, 0.4) is 0 Å². The summed E-state index contributed by atoms with van der Waals surface area (Å²) in [5.41, 5.74) is 6.84. The SMILES string of the molecule is CC(C)C(CN)NC[C@H](C)NS(=O)(=O)c1ccc(C(C)(C)C)cc1. The molecule has 0 aromatic heterocycles. The Morgan fingerprint density at radius 1 is 1.08 bits per heavy atom. The lowest BCUT2D eigenvalue weighted by Gasteiger charge is -2.23. The molecule has 24 heavy (non-hydrogen) atoms. The van der Waals surface area contributed by atoms with Crippen molar-refractivity contribution in [2.75, 3.05) is 13.1 Å². The first-order valence-corrected chi connectivity index (χ1v) is 10.0. The molecule has 1 rings (SSSR count). The van der Waals surface area contributed by atoms with E-state index in [1.165, 1.54) is 0 Å². The second-order valence-electron chi connectivity index (χ2n) is 7.79. The molecule has 0 radical (unpaired) electrons. The molecule has 0 fully saturated rings. The highest BCUT2D eigenvalue weighted by Crippen LogP contribution is 2.23. The van der Waals surface area contributed by atoms with Gasteiger partial charge >= 0.3 is 0 Å². The maximum absolute atomic E-state index is 12.5. The van der Waals surface area contributed by atoms with Crippen molar-refractivity contribution >= 4 is 10.0 Å². The summed E-state index contributed by atoms with van der Waals surface area (Å²) in [5.74, 6) is 0.406. The van der Waals surface area contributed by atoms with E-state index in [-0.39, 0.29) is 17.5 Å². The average Bonchev–Trinajstić information content (AvgIpc) is 2.46. The van der Waals surface area contributed by atoms with E-state index in [0.717, 1.165) is 5.56 Å². The van der Waals surface area contributed by atoms with Crippen molar-refractivity contribution in [3.63, 3.8) is 0 Å². The normalized spacial score (nSPS) is 15.5. The van der Waals surface area contributed by atoms with E-state index in [9.17, 15) is 8.42 Å². The van der Waals surface area contributed by atoms with E-state index < -0.39 is 10.0 Å². The molecule has 138 valence electrons. The number of sulfonamides is 1. The summed E-state index contributed by atoms with van der Waals surface area (Å²) in [6.45, 7) is 13.4. The Balaban J connectivity index is 2.72. The van der Waals surface area contributed by atoms with E-state index in [0.29, 0.717) is 23.9 Å². The Hall–Kier alpha value is -0.950. The van der Waals surface area contributed by atoms with Crippen molar-refractivity contribution in [3.05, 3.63) is 29.8 Å². The topological polar surface area (TPSA) is 84.2 Å². The van der Waals surface area contributed by atoms with Crippen LogP contribution in [0.2, 0.25) is 0 Å². The molecule has 1 aromatic rings. The largest absolute Gasteiger partial charge is 0.329 e. The quantitative estimate of drug-likeness (QED) is 0.667. The van der Waals surface area contributed by atoms with Gasteiger partial charge in [0.25, 0.3) is 0 Å². The molecule has 1 aromatic carbocycles. The third kappa shape index (κ3) is 6.16. The van der Waals surface area contributed by atoms with Gasteiger partial charge in [-0.1, -0.05) is 46.8 Å². The van der Waals surface area contributed by atoms with E-state index in [4.69, 9.17) is 5.73 Å². The van der Waals surface area contributed by atoms with Crippen LogP contribution in [0.1, 0.15) is 47.1 Å². The minimum atomic E-state index is -3.52. The lowest BCUT2D eigenvalue weighted by atomic mass is 9.87. The molecular weight excluding hydrogens is 322 g/mol. The highest BCUT2D eigenvalue weighted by Gasteiger charge is 2.20. The highest BCUT2D eigenvalue weighted by atomic mass is 32.2. The second kappa shape index (κ2) is 8.43. The predicted molar refractivity (Wildman–Crippen MR) is 101 cm³/mol. The van der Waals surface area contributed by atoms with Gasteiger partial charge in [0.15, 0.2) is 0 Å². The summed E-state index contributed by atoms with van der Waals surface area (Å²) in [5, 5.41) is 3.32. The average molecular weight is 356 g/mol. The molecule has 0 aliphatic heterocycles. The lowest BCUT2D eigenvalue weighted by molar-refractivity contribution is 0.391. The van der Waals surface area contributed by atoms with Gasteiger partial charge in [0.1, 0.15) is 0 Å². The fraction of sp³-hybridized carbons (Fsp3) is 0.667. The highest BCUT2D eigenvalue weighted by molar-refractivity contribution is 7.89. The van der Waals surface area contributed by atoms with Crippen LogP contribution in [0.4, 0.5) is 0 Å². The smallest absolute Gasteiger partial charge is 0.240 e. The van der Waals surface area contributed by atoms with Gasteiger partial charge < -0.3 is 11.1 Å². The third-order valence-electron chi connectivity index (χ3n) is 4.13. The first-order valence-electron chi connectivity index (χ1n) is 8.53. The van der Waals surface area contributed by atoms with Crippen molar-refractivity contribution in [3.8, 4) is 0 Å². The zero-order valence-corrected chi connectivity index (χ0v) is 16.6. The van der Waals surface area contributed by atoms with Crippen molar-refractivity contribution in [1.29, 1.82) is 0 Å². The molecule has 1 unspecified atom stereocenters. The van der Waals surface area contributed by atoms with E-state index >= 15 is 0 Å². The molecular formula is C18H33N3O2S. The standard InChI is InChI=1S/C18H33N3O2S/c1-13(2)17(11-19)20-12-14(3)21-24(22,23)16-9-7-15(8-10-16)18(4,5)6/h7-10,13-14,17,20-21H,11-12,19H2,1-6H3/t14-,17?/m0/s1. The first kappa shape index (κ1) is 21.1. The number of benzene rings is 1. The number of nitrogens with one attached hydrogen (secondary N) is 2. The van der Waals surface area contributed by atoms with Crippen LogP contribution in [-0.4, -0.2) is 33.6 Å². The molecule has 0 bridgehead atoms. The second-order valence-corrected chi connectivity index (χ2v) is 9.51. The zero-order valence-electron chi connectivity index (χ0n) is 15.8. The molecule has 0 saturated heterocycles. The maximum Gasteiger partial charge on any atom is 0.240 e. The molecule has 0 heterocycles. The Morgan fingerprint density at radius 3 is 2.04 bits per heavy atom. The predicted octanol–water partition coefficient (Wildman–Crippen LogP) is 2.22. The molecule has 4 N–H and O–H groups in total. The number of nitrogens with two attached hydrogens (primary N) is 1. The van der Waals surface area contributed by atoms with E-state index in [1.807, 2.05) is 19.1 Å². The molecule has 0 aliphatic carbocycles. The minimum absolute atomic E-state index is 0.00101. The molecule has 0 amide bonds. The van der Waals surface area contributed by atoms with Crippen LogP contribution in [0, 0.1) is 5.92 Å². The maximum atomic E-state index is 12.5. The van der Waals surface area contributed by atoms with Crippen molar-refractivity contribution in [2.45, 2.75) is 63.9 Å². The fourth-order valence-corrected chi connectivity index (χ4v) is 3.67. The van der Waals surface area contributed by atoms with Crippen molar-refractivity contribution in [2.24, 2.45) is 11.7 Å². The molecule has 5 nitrogen and oxygen atoms in total. The number of hydrogen-bond donors (Lipinski definition) is 3. The van der Waals surface area contributed by atoms with Gasteiger partial charge in [-0.2, -0.15) is 0 Å². The van der Waals surface area contributed by atoms with Crippen LogP contribution in [0.5, 0.6) is 0 Å². The molecule has 0 aliphatic rings. The molecule has 0 saturated carbocycles. The molecule has 0 spiro atoms. The first-order chi connectivity index (χ1) is 11.0. The fourth-order valence-electron chi connectivity index (χ4n) is 2.43. The van der Waals surface area contributed by atoms with Crippen LogP contribution in [0.15, 0.2) is 29.2 Å². The van der Waals surface area contributed by atoms with Gasteiger partial charge in [0.2, 0.25) is 10.0 Å². The summed E-state index contributed by atoms with van der Waals surface area (Å²) >= 11 is 0. The van der Waals surface area contributed by atoms with Gasteiger partial charge in [-0.3, -0.25) is 0 Å². The third-order valence-corrected chi connectivity index (χ3v) is 5.74. The van der Waals surface area contributed by atoms with Crippen LogP contribution < -0.4 is 15.8 Å². The summed E-state index contributed by atoms with van der Waals surface area (Å²) < 4.78 is 27.7. The Kier molecular flexibility index (Phi) is 7.41. The Morgan fingerprint density at radius 2 is 1.62 bits per heavy atom. The van der Waals surface area contributed by atoms with Gasteiger partial charge in [0.05, 0.1) is 4.90 Å². The Labute approximate surface area is 147 Å². The molecule has 6 heteroatoms. The van der Waals surface area contributed by atoms with Gasteiger partial charge in [-0.25, -0.2) is 13.1 Å². The summed E-state index contributed by atoms with van der Waals surface area (Å²) in [6, 6.07) is 7.05. The van der Waals surface area contributed by atoms with Crippen LogP contribution in [0.25, 0.3) is 0 Å². The zero-order chi connectivity index (χ0) is 18.5. The summed E-state index contributed by atoms with van der Waals surface area (Å²) in [7, 11) is -3.52. The lowest BCUT2D eigenvalue weighted by Crippen LogP contribution is -2.47. The van der Waals surface area contributed by atoms with Crippen LogP contribution >= 0.6 is 0 Å². The molecule has 2 atom stereocenters. The summed E-state index contributed by atoms with van der Waals surface area (Å²) in [6.07, 6.45) is 0. The number of rotatable bonds is 8. The van der Waals surface area contributed by atoms with Gasteiger partial charge in [-0.15, -0.1) is 0 Å². The van der Waals surface area contributed by atoms with Crippen molar-refractivity contribution < 1.29 is 8.42 Å². The van der Waals surface area contributed by atoms with Crippen molar-refractivity contribution in [1.82, 2.24) is 10.0 Å². The van der Waals surface area contributed by atoms with E-state index in [1.54, 1.807) is 12.1 Å². The monoisotopic (exact) mass is 355 g/mol.